The molecule has 0 bridgehead atoms. The molecular weight excluding hydrogens is 242 g/mol. The molecule has 5 heteroatoms. The van der Waals surface area contributed by atoms with Gasteiger partial charge in [0.05, 0.1) is 7.11 Å². The molecule has 1 atom stereocenters. The van der Waals surface area contributed by atoms with E-state index in [1.54, 1.807) is 7.11 Å². The highest BCUT2D eigenvalue weighted by atomic mass is 16.5. The zero-order valence-electron chi connectivity index (χ0n) is 11.1. The number of ether oxygens (including phenoxy) is 1. The molecule has 2 heterocycles. The summed E-state index contributed by atoms with van der Waals surface area (Å²) in [4.78, 5) is 12.0. The van der Waals surface area contributed by atoms with E-state index in [0.717, 1.165) is 28.8 Å². The van der Waals surface area contributed by atoms with Crippen molar-refractivity contribution in [1.29, 1.82) is 0 Å². The molecule has 0 radical (unpaired) electrons. The Kier molecular flexibility index (Phi) is 2.91. The Morgan fingerprint density at radius 2 is 2.21 bits per heavy atom. The molecule has 1 saturated heterocycles. The molecule has 1 unspecified atom stereocenters. The molecule has 1 aromatic heterocycles. The van der Waals surface area contributed by atoms with E-state index < -0.39 is 0 Å². The fourth-order valence-corrected chi connectivity index (χ4v) is 2.61. The Hall–Kier alpha value is -2.01. The minimum Gasteiger partial charge on any atom is -0.497 e. The summed E-state index contributed by atoms with van der Waals surface area (Å²) in [5.41, 5.74) is 2.09. The second kappa shape index (κ2) is 4.59. The highest BCUT2D eigenvalue weighted by Crippen LogP contribution is 2.30. The predicted molar refractivity (Wildman–Crippen MR) is 73.2 cm³/mol. The summed E-state index contributed by atoms with van der Waals surface area (Å²) >= 11 is 0. The molecular formula is C14H17N3O2. The molecule has 19 heavy (non-hydrogen) atoms. The van der Waals surface area contributed by atoms with Gasteiger partial charge in [-0.1, -0.05) is 0 Å². The Morgan fingerprint density at radius 1 is 1.37 bits per heavy atom. The summed E-state index contributed by atoms with van der Waals surface area (Å²) in [5.74, 6) is 0.831. The average molecular weight is 259 g/mol. The smallest absolute Gasteiger partial charge is 0.241 e. The van der Waals surface area contributed by atoms with Crippen LogP contribution in [-0.4, -0.2) is 30.7 Å². The van der Waals surface area contributed by atoms with Crippen LogP contribution < -0.4 is 15.4 Å². The zero-order chi connectivity index (χ0) is 13.4. The van der Waals surface area contributed by atoms with Gasteiger partial charge in [-0.05, 0) is 18.2 Å². The van der Waals surface area contributed by atoms with Gasteiger partial charge in [0.15, 0.2) is 0 Å². The van der Waals surface area contributed by atoms with Crippen LogP contribution in [0.1, 0.15) is 11.6 Å². The number of methoxy groups -OCH3 is 1. The van der Waals surface area contributed by atoms with Crippen molar-refractivity contribution in [3.05, 3.63) is 30.0 Å². The van der Waals surface area contributed by atoms with E-state index >= 15 is 0 Å². The number of carbonyl (C=O) groups excluding carboxylic acids is 1. The van der Waals surface area contributed by atoms with E-state index in [2.05, 4.69) is 10.6 Å². The van der Waals surface area contributed by atoms with Gasteiger partial charge >= 0.3 is 0 Å². The molecule has 0 aliphatic carbocycles. The van der Waals surface area contributed by atoms with Crippen molar-refractivity contribution in [3.8, 4) is 5.75 Å². The van der Waals surface area contributed by atoms with Gasteiger partial charge in [-0.2, -0.15) is 0 Å². The lowest BCUT2D eigenvalue weighted by Gasteiger charge is -2.23. The Bertz CT molecular complexity index is 633. The maximum atomic E-state index is 12.0. The third-order valence-corrected chi connectivity index (χ3v) is 3.57. The van der Waals surface area contributed by atoms with Crippen LogP contribution in [0.2, 0.25) is 0 Å². The molecule has 1 aliphatic heterocycles. The van der Waals surface area contributed by atoms with Gasteiger partial charge in [0.25, 0.3) is 0 Å². The molecule has 5 nitrogen and oxygen atoms in total. The predicted octanol–water partition coefficient (Wildman–Crippen LogP) is 0.947. The minimum atomic E-state index is -0.287. The maximum absolute atomic E-state index is 12.0. The summed E-state index contributed by atoms with van der Waals surface area (Å²) in [6, 6.07) is 5.64. The van der Waals surface area contributed by atoms with Crippen molar-refractivity contribution in [1.82, 2.24) is 15.2 Å². The third-order valence-electron chi connectivity index (χ3n) is 3.57. The molecule has 1 aromatic carbocycles. The minimum absolute atomic E-state index is 0.0292. The number of carbonyl (C=O) groups is 1. The van der Waals surface area contributed by atoms with Crippen molar-refractivity contribution < 1.29 is 9.53 Å². The van der Waals surface area contributed by atoms with Gasteiger partial charge in [-0.25, -0.2) is 0 Å². The molecule has 2 N–H and O–H groups in total. The quantitative estimate of drug-likeness (QED) is 0.844. The summed E-state index contributed by atoms with van der Waals surface area (Å²) in [6.45, 7) is 1.47. The SMILES string of the molecule is COc1ccc2c(c1)c(C1NCCNC1=O)cn2C. The molecule has 100 valence electrons. The van der Waals surface area contributed by atoms with Crippen molar-refractivity contribution in [2.75, 3.05) is 20.2 Å². The lowest BCUT2D eigenvalue weighted by molar-refractivity contribution is -0.124. The van der Waals surface area contributed by atoms with Crippen LogP contribution >= 0.6 is 0 Å². The number of benzene rings is 1. The number of aryl methyl sites for hydroxylation is 1. The largest absolute Gasteiger partial charge is 0.497 e. The molecule has 1 fully saturated rings. The lowest BCUT2D eigenvalue weighted by atomic mass is 10.0. The van der Waals surface area contributed by atoms with Crippen LogP contribution in [0.15, 0.2) is 24.4 Å². The van der Waals surface area contributed by atoms with Crippen LogP contribution in [0.3, 0.4) is 0 Å². The van der Waals surface area contributed by atoms with Crippen LogP contribution in [0, 0.1) is 0 Å². The van der Waals surface area contributed by atoms with E-state index in [9.17, 15) is 4.79 Å². The fourth-order valence-electron chi connectivity index (χ4n) is 2.61. The van der Waals surface area contributed by atoms with Crippen LogP contribution in [0.25, 0.3) is 10.9 Å². The van der Waals surface area contributed by atoms with Crippen molar-refractivity contribution in [2.24, 2.45) is 7.05 Å². The number of hydrogen-bond acceptors (Lipinski definition) is 3. The first kappa shape index (κ1) is 12.0. The second-order valence-electron chi connectivity index (χ2n) is 4.76. The third kappa shape index (κ3) is 1.96. The number of fused-ring (bicyclic) bond motifs is 1. The highest BCUT2D eigenvalue weighted by Gasteiger charge is 2.26. The van der Waals surface area contributed by atoms with E-state index in [-0.39, 0.29) is 11.9 Å². The molecule has 1 amide bonds. The van der Waals surface area contributed by atoms with Crippen LogP contribution in [0.5, 0.6) is 5.75 Å². The number of nitrogens with one attached hydrogen (secondary N) is 2. The topological polar surface area (TPSA) is 55.3 Å². The molecule has 0 spiro atoms. The van der Waals surface area contributed by atoms with Crippen molar-refractivity contribution >= 4 is 16.8 Å². The van der Waals surface area contributed by atoms with Gasteiger partial charge in [-0.15, -0.1) is 0 Å². The van der Waals surface area contributed by atoms with Gasteiger partial charge < -0.3 is 19.9 Å². The maximum Gasteiger partial charge on any atom is 0.241 e. The van der Waals surface area contributed by atoms with Crippen LogP contribution in [0.4, 0.5) is 0 Å². The Labute approximate surface area is 111 Å². The molecule has 0 saturated carbocycles. The first-order valence-electron chi connectivity index (χ1n) is 6.35. The van der Waals surface area contributed by atoms with Crippen molar-refractivity contribution in [3.63, 3.8) is 0 Å². The van der Waals surface area contributed by atoms with E-state index in [0.29, 0.717) is 6.54 Å². The van der Waals surface area contributed by atoms with E-state index in [1.165, 1.54) is 0 Å². The zero-order valence-corrected chi connectivity index (χ0v) is 11.1. The average Bonchev–Trinajstić information content (AvgIpc) is 2.76. The monoisotopic (exact) mass is 259 g/mol. The second-order valence-corrected chi connectivity index (χ2v) is 4.76. The number of nitrogens with zero attached hydrogens (tertiary/aromatic N) is 1. The number of amides is 1. The standard InChI is InChI=1S/C14H17N3O2/c1-17-8-11(13-14(18)16-6-5-15-13)10-7-9(19-2)3-4-12(10)17/h3-4,7-8,13,15H,5-6H2,1-2H3,(H,16,18). The summed E-state index contributed by atoms with van der Waals surface area (Å²) < 4.78 is 7.31. The highest BCUT2D eigenvalue weighted by molar-refractivity contribution is 5.93. The van der Waals surface area contributed by atoms with E-state index in [1.807, 2.05) is 36.0 Å². The summed E-state index contributed by atoms with van der Waals surface area (Å²) in [7, 11) is 3.63. The summed E-state index contributed by atoms with van der Waals surface area (Å²) in [5, 5.41) is 7.21. The number of aromatic nitrogens is 1. The van der Waals surface area contributed by atoms with Gasteiger partial charge in [-0.3, -0.25) is 4.79 Å². The van der Waals surface area contributed by atoms with Gasteiger partial charge in [0.2, 0.25) is 5.91 Å². The number of hydrogen-bond donors (Lipinski definition) is 2. The first-order chi connectivity index (χ1) is 9.20. The Morgan fingerprint density at radius 3 is 2.95 bits per heavy atom. The van der Waals surface area contributed by atoms with Crippen molar-refractivity contribution in [2.45, 2.75) is 6.04 Å². The van der Waals surface area contributed by atoms with Gasteiger partial charge in [0, 0.05) is 42.8 Å². The first-order valence-corrected chi connectivity index (χ1v) is 6.35. The lowest BCUT2D eigenvalue weighted by Crippen LogP contribution is -2.47. The Balaban J connectivity index is 2.14. The van der Waals surface area contributed by atoms with E-state index in [4.69, 9.17) is 4.74 Å². The molecule has 2 aromatic rings. The summed E-state index contributed by atoms with van der Waals surface area (Å²) in [6.07, 6.45) is 2.01. The normalized spacial score (nSPS) is 19.5. The van der Waals surface area contributed by atoms with Gasteiger partial charge in [0.1, 0.15) is 11.8 Å². The molecule has 1 aliphatic rings. The van der Waals surface area contributed by atoms with Crippen LogP contribution in [-0.2, 0) is 11.8 Å². The number of piperazine rings is 1. The fraction of sp³-hybridized carbons (Fsp3) is 0.357. The molecule has 3 rings (SSSR count). The number of rotatable bonds is 2.